The van der Waals surface area contributed by atoms with Crippen LogP contribution in [0.2, 0.25) is 0 Å². The molecule has 0 aliphatic rings. The van der Waals surface area contributed by atoms with E-state index < -0.39 is 0 Å². The minimum absolute atomic E-state index is 0.142. The normalized spacial score (nSPS) is 12.3. The molecule has 1 amide bonds. The predicted molar refractivity (Wildman–Crippen MR) is 103 cm³/mol. The molecule has 0 aliphatic carbocycles. The van der Waals surface area contributed by atoms with Crippen LogP contribution >= 0.6 is 11.3 Å². The lowest BCUT2D eigenvalue weighted by Gasteiger charge is -2.24. The van der Waals surface area contributed by atoms with Gasteiger partial charge in [-0.3, -0.25) is 14.2 Å². The van der Waals surface area contributed by atoms with Crippen LogP contribution in [-0.2, 0) is 0 Å². The third-order valence-corrected chi connectivity index (χ3v) is 5.44. The van der Waals surface area contributed by atoms with E-state index in [4.69, 9.17) is 0 Å². The van der Waals surface area contributed by atoms with E-state index in [1.54, 1.807) is 52.3 Å². The Morgan fingerprint density at radius 2 is 2.00 bits per heavy atom. The molecule has 1 atom stereocenters. The molecule has 136 valence electrons. The van der Waals surface area contributed by atoms with Crippen molar-refractivity contribution < 1.29 is 9.18 Å². The monoisotopic (exact) mass is 380 g/mol. The van der Waals surface area contributed by atoms with E-state index in [-0.39, 0.29) is 17.8 Å². The zero-order valence-corrected chi connectivity index (χ0v) is 15.7. The Balaban J connectivity index is 1.67. The second kappa shape index (κ2) is 6.92. The Morgan fingerprint density at radius 1 is 1.22 bits per heavy atom. The summed E-state index contributed by atoms with van der Waals surface area (Å²) in [5.74, 6) is -0.478. The lowest BCUT2D eigenvalue weighted by molar-refractivity contribution is 0.0733. The van der Waals surface area contributed by atoms with Crippen molar-refractivity contribution in [2.45, 2.75) is 13.0 Å². The van der Waals surface area contributed by atoms with E-state index in [0.29, 0.717) is 21.9 Å². The Hall–Kier alpha value is -3.06. The molecular formula is C20H17FN4OS. The van der Waals surface area contributed by atoms with E-state index in [9.17, 15) is 9.18 Å². The minimum Gasteiger partial charge on any atom is -0.332 e. The van der Waals surface area contributed by atoms with Gasteiger partial charge in [-0.15, -0.1) is 11.3 Å². The quantitative estimate of drug-likeness (QED) is 0.526. The molecule has 3 aromatic heterocycles. The highest BCUT2D eigenvalue weighted by atomic mass is 32.1. The molecule has 0 bridgehead atoms. The maximum Gasteiger partial charge on any atom is 0.272 e. The van der Waals surface area contributed by atoms with Gasteiger partial charge in [-0.05, 0) is 31.2 Å². The van der Waals surface area contributed by atoms with E-state index in [1.807, 2.05) is 25.1 Å². The first-order chi connectivity index (χ1) is 13.1. The lowest BCUT2D eigenvalue weighted by atomic mass is 10.1. The van der Waals surface area contributed by atoms with Gasteiger partial charge >= 0.3 is 0 Å². The molecule has 0 fully saturated rings. The molecule has 4 aromatic rings. The van der Waals surface area contributed by atoms with Gasteiger partial charge in [0.2, 0.25) is 0 Å². The number of amides is 1. The average Bonchev–Trinajstić information content (AvgIpc) is 3.28. The number of aromatic nitrogens is 3. The van der Waals surface area contributed by atoms with E-state index in [2.05, 4.69) is 9.97 Å². The van der Waals surface area contributed by atoms with E-state index in [0.717, 1.165) is 5.69 Å². The second-order valence-corrected chi connectivity index (χ2v) is 7.06. The van der Waals surface area contributed by atoms with E-state index >= 15 is 0 Å². The van der Waals surface area contributed by atoms with Crippen LogP contribution in [0.3, 0.4) is 0 Å². The van der Waals surface area contributed by atoms with Gasteiger partial charge in [0.05, 0.1) is 17.4 Å². The number of fused-ring (bicyclic) bond motifs is 1. The van der Waals surface area contributed by atoms with Gasteiger partial charge in [-0.25, -0.2) is 9.37 Å². The van der Waals surface area contributed by atoms with Crippen molar-refractivity contribution in [3.8, 4) is 11.3 Å². The third kappa shape index (κ3) is 3.10. The summed E-state index contributed by atoms with van der Waals surface area (Å²) in [7, 11) is 1.75. The van der Waals surface area contributed by atoms with Gasteiger partial charge in [0, 0.05) is 30.4 Å². The number of carbonyl (C=O) groups excluding carboxylic acids is 1. The SMILES string of the molecule is C[C@@H](c1ccccn1)N(C)C(=O)c1csc2nc(-c3ccccc3F)cn12. The summed E-state index contributed by atoms with van der Waals surface area (Å²) in [6.07, 6.45) is 3.42. The summed E-state index contributed by atoms with van der Waals surface area (Å²) in [6, 6.07) is 11.9. The third-order valence-electron chi connectivity index (χ3n) is 4.60. The summed E-state index contributed by atoms with van der Waals surface area (Å²) in [5.41, 5.74) is 2.24. The van der Waals surface area contributed by atoms with Crippen LogP contribution in [0.25, 0.3) is 16.2 Å². The number of hydrogen-bond donors (Lipinski definition) is 0. The maximum absolute atomic E-state index is 14.1. The molecule has 0 N–H and O–H groups in total. The number of hydrogen-bond acceptors (Lipinski definition) is 4. The standard InChI is InChI=1S/C20H17FN4OS/c1-13(16-9-5-6-10-22-16)24(2)19(26)18-12-27-20-23-17(11-25(18)20)14-7-3-4-8-15(14)21/h3-13H,1-2H3/t13-/m0/s1. The van der Waals surface area contributed by atoms with Crippen LogP contribution in [0.15, 0.2) is 60.2 Å². The highest BCUT2D eigenvalue weighted by Crippen LogP contribution is 2.27. The number of nitrogens with zero attached hydrogens (tertiary/aromatic N) is 4. The molecule has 0 saturated heterocycles. The summed E-state index contributed by atoms with van der Waals surface area (Å²) >= 11 is 1.35. The van der Waals surface area contributed by atoms with Crippen molar-refractivity contribution in [2.75, 3.05) is 7.05 Å². The average molecular weight is 380 g/mol. The number of benzene rings is 1. The Kier molecular flexibility index (Phi) is 4.45. The fraction of sp³-hybridized carbons (Fsp3) is 0.150. The maximum atomic E-state index is 14.1. The number of carbonyl (C=O) groups is 1. The summed E-state index contributed by atoms with van der Waals surface area (Å²) in [4.78, 5) is 24.1. The van der Waals surface area contributed by atoms with Crippen molar-refractivity contribution >= 4 is 22.2 Å². The molecular weight excluding hydrogens is 363 g/mol. The van der Waals surface area contributed by atoms with Gasteiger partial charge in [0.15, 0.2) is 4.96 Å². The van der Waals surface area contributed by atoms with Gasteiger partial charge in [0.1, 0.15) is 11.5 Å². The van der Waals surface area contributed by atoms with Crippen molar-refractivity contribution in [1.82, 2.24) is 19.3 Å². The van der Waals surface area contributed by atoms with Crippen molar-refractivity contribution in [1.29, 1.82) is 0 Å². The highest BCUT2D eigenvalue weighted by Gasteiger charge is 2.23. The molecule has 5 nitrogen and oxygen atoms in total. The molecule has 3 heterocycles. The van der Waals surface area contributed by atoms with E-state index in [1.165, 1.54) is 17.4 Å². The first-order valence-electron chi connectivity index (χ1n) is 8.46. The summed E-state index contributed by atoms with van der Waals surface area (Å²) in [5, 5.41) is 1.78. The largest absolute Gasteiger partial charge is 0.332 e. The van der Waals surface area contributed by atoms with Gasteiger partial charge in [-0.1, -0.05) is 18.2 Å². The number of rotatable bonds is 4. The smallest absolute Gasteiger partial charge is 0.272 e. The molecule has 27 heavy (non-hydrogen) atoms. The molecule has 1 aromatic carbocycles. The Bertz CT molecular complexity index is 1110. The van der Waals surface area contributed by atoms with Gasteiger partial charge < -0.3 is 4.90 Å². The van der Waals surface area contributed by atoms with Gasteiger partial charge in [-0.2, -0.15) is 0 Å². The molecule has 0 radical (unpaired) electrons. The fourth-order valence-electron chi connectivity index (χ4n) is 2.91. The molecule has 0 spiro atoms. The number of pyridine rings is 1. The van der Waals surface area contributed by atoms with Crippen molar-refractivity contribution in [2.24, 2.45) is 0 Å². The van der Waals surface area contributed by atoms with Gasteiger partial charge in [0.25, 0.3) is 5.91 Å². The zero-order chi connectivity index (χ0) is 19.0. The fourth-order valence-corrected chi connectivity index (χ4v) is 3.76. The van der Waals surface area contributed by atoms with Crippen molar-refractivity contribution in [3.63, 3.8) is 0 Å². The number of thiazole rings is 1. The summed E-state index contributed by atoms with van der Waals surface area (Å²) < 4.78 is 15.8. The molecule has 7 heteroatoms. The van der Waals surface area contributed by atoms with Crippen LogP contribution in [0.1, 0.15) is 29.1 Å². The highest BCUT2D eigenvalue weighted by molar-refractivity contribution is 7.15. The predicted octanol–water partition coefficient (Wildman–Crippen LogP) is 4.43. The van der Waals surface area contributed by atoms with Crippen LogP contribution in [0.5, 0.6) is 0 Å². The molecule has 0 aliphatic heterocycles. The van der Waals surface area contributed by atoms with Crippen LogP contribution < -0.4 is 0 Å². The second-order valence-electron chi connectivity index (χ2n) is 6.23. The summed E-state index contributed by atoms with van der Waals surface area (Å²) in [6.45, 7) is 1.93. The zero-order valence-electron chi connectivity index (χ0n) is 14.8. The lowest BCUT2D eigenvalue weighted by Crippen LogP contribution is -2.30. The van der Waals surface area contributed by atoms with Crippen molar-refractivity contribution in [3.05, 3.63) is 77.4 Å². The first-order valence-corrected chi connectivity index (χ1v) is 9.34. The number of imidazole rings is 1. The number of halogens is 1. The Labute approximate surface area is 159 Å². The first kappa shape index (κ1) is 17.4. The topological polar surface area (TPSA) is 50.5 Å². The Morgan fingerprint density at radius 3 is 2.74 bits per heavy atom. The van der Waals surface area contributed by atoms with Crippen LogP contribution in [0, 0.1) is 5.82 Å². The molecule has 4 rings (SSSR count). The minimum atomic E-state index is -0.336. The van der Waals surface area contributed by atoms with Crippen LogP contribution in [-0.4, -0.2) is 32.2 Å². The van der Waals surface area contributed by atoms with Crippen LogP contribution in [0.4, 0.5) is 4.39 Å². The molecule has 0 unspecified atom stereocenters. The molecule has 0 saturated carbocycles.